The molecule has 1 N–H and O–H groups in total. The van der Waals surface area contributed by atoms with E-state index < -0.39 is 22.9 Å². The van der Waals surface area contributed by atoms with Gasteiger partial charge < -0.3 is 19.6 Å². The van der Waals surface area contributed by atoms with E-state index in [1.165, 1.54) is 7.11 Å². The fraction of sp³-hybridized carbons (Fsp3) is 0.368. The van der Waals surface area contributed by atoms with Gasteiger partial charge in [0.25, 0.3) is 5.09 Å². The van der Waals surface area contributed by atoms with Crippen molar-refractivity contribution in [3.63, 3.8) is 0 Å². The number of ether oxygens (including phenoxy) is 2. The summed E-state index contributed by atoms with van der Waals surface area (Å²) in [6, 6.07) is 6.67. The van der Waals surface area contributed by atoms with Crippen LogP contribution in [0.2, 0.25) is 0 Å². The zero-order valence-corrected chi connectivity index (χ0v) is 16.1. The quantitative estimate of drug-likeness (QED) is 0.428. The summed E-state index contributed by atoms with van der Waals surface area (Å²) >= 11 is 0. The molecule has 1 aromatic carbocycles. The Morgan fingerprint density at radius 2 is 1.68 bits per heavy atom. The zero-order chi connectivity index (χ0) is 20.8. The van der Waals surface area contributed by atoms with E-state index in [0.29, 0.717) is 33.7 Å². The molecular weight excluding hydrogens is 368 g/mol. The minimum Gasteiger partial charge on any atom is -0.466 e. The van der Waals surface area contributed by atoms with Crippen LogP contribution in [0.5, 0.6) is 0 Å². The lowest BCUT2D eigenvalue weighted by molar-refractivity contribution is -0.763. The molecule has 0 bridgehead atoms. The second kappa shape index (κ2) is 9.03. The molecule has 1 aliphatic heterocycles. The van der Waals surface area contributed by atoms with E-state index >= 15 is 0 Å². The lowest BCUT2D eigenvalue weighted by Gasteiger charge is -2.30. The number of methoxy groups -OCH3 is 1. The van der Waals surface area contributed by atoms with Gasteiger partial charge in [0.1, 0.15) is 6.61 Å². The predicted octanol–water partition coefficient (Wildman–Crippen LogP) is 2.37. The molecule has 150 valence electrons. The highest BCUT2D eigenvalue weighted by Gasteiger charge is 2.37. The highest BCUT2D eigenvalue weighted by Crippen LogP contribution is 2.39. The maximum Gasteiger partial charge on any atom is 0.336 e. The lowest BCUT2D eigenvalue weighted by Crippen LogP contribution is -2.32. The van der Waals surface area contributed by atoms with Gasteiger partial charge in [-0.1, -0.05) is 24.3 Å². The Labute approximate surface area is 162 Å². The largest absolute Gasteiger partial charge is 0.466 e. The van der Waals surface area contributed by atoms with Gasteiger partial charge in [0.15, 0.2) is 0 Å². The van der Waals surface area contributed by atoms with Crippen molar-refractivity contribution in [3.05, 3.63) is 68.0 Å². The number of hydrogen-bond donors (Lipinski definition) is 1. The second-order valence-electron chi connectivity index (χ2n) is 6.09. The van der Waals surface area contributed by atoms with Crippen molar-refractivity contribution in [2.75, 3.05) is 13.7 Å². The molecule has 0 aromatic heterocycles. The van der Waals surface area contributed by atoms with E-state index in [1.807, 2.05) is 0 Å². The standard InChI is InChI=1S/C19H22N2O7/c1-5-27-19(23)16-12(3)20-11(2)15(18(22)26-4)17(16)14-8-6-13(7-9-14)10-28-21(24)25/h6-9,17,20H,5,10H2,1-4H3/t17-/m1/s1. The molecule has 9 heteroatoms. The van der Waals surface area contributed by atoms with Crippen molar-refractivity contribution in [1.82, 2.24) is 5.32 Å². The molecule has 28 heavy (non-hydrogen) atoms. The lowest BCUT2D eigenvalue weighted by atomic mass is 9.80. The van der Waals surface area contributed by atoms with Gasteiger partial charge in [-0.15, -0.1) is 10.1 Å². The molecule has 2 rings (SSSR count). The summed E-state index contributed by atoms with van der Waals surface area (Å²) < 4.78 is 10.1. The topological polar surface area (TPSA) is 117 Å². The molecule has 0 spiro atoms. The normalized spacial score (nSPS) is 16.4. The number of nitrogens with one attached hydrogen (secondary N) is 1. The SMILES string of the molecule is CCOC(=O)C1=C(C)NC(C)=C(C(=O)OC)[C@H]1c1ccc(CO[N+](=O)[O-])cc1. The summed E-state index contributed by atoms with van der Waals surface area (Å²) in [5.74, 6) is -1.80. The number of hydrogen-bond acceptors (Lipinski definition) is 8. The summed E-state index contributed by atoms with van der Waals surface area (Å²) in [6.45, 7) is 5.15. The fourth-order valence-corrected chi connectivity index (χ4v) is 3.12. The summed E-state index contributed by atoms with van der Waals surface area (Å²) in [5.41, 5.74) is 2.98. The van der Waals surface area contributed by atoms with Crippen LogP contribution in [0.3, 0.4) is 0 Å². The fourth-order valence-electron chi connectivity index (χ4n) is 3.12. The molecular formula is C19H22N2O7. The van der Waals surface area contributed by atoms with E-state index in [1.54, 1.807) is 45.0 Å². The van der Waals surface area contributed by atoms with Crippen molar-refractivity contribution in [3.8, 4) is 0 Å². The van der Waals surface area contributed by atoms with Gasteiger partial charge in [-0.3, -0.25) is 0 Å². The maximum absolute atomic E-state index is 12.6. The van der Waals surface area contributed by atoms with Crippen LogP contribution in [0, 0.1) is 10.1 Å². The Balaban J connectivity index is 2.50. The molecule has 0 fully saturated rings. The first kappa shape index (κ1) is 20.9. The molecule has 1 atom stereocenters. The van der Waals surface area contributed by atoms with Gasteiger partial charge in [0.2, 0.25) is 0 Å². The number of benzene rings is 1. The molecule has 0 saturated carbocycles. The molecule has 9 nitrogen and oxygen atoms in total. The van der Waals surface area contributed by atoms with E-state index in [-0.39, 0.29) is 13.2 Å². The number of carbonyl (C=O) groups is 2. The summed E-state index contributed by atoms with van der Waals surface area (Å²) in [6.07, 6.45) is 0. The van der Waals surface area contributed by atoms with Crippen LogP contribution in [0.25, 0.3) is 0 Å². The van der Waals surface area contributed by atoms with Crippen LogP contribution in [0.4, 0.5) is 0 Å². The van der Waals surface area contributed by atoms with Gasteiger partial charge in [0, 0.05) is 11.4 Å². The van der Waals surface area contributed by atoms with Gasteiger partial charge in [-0.05, 0) is 31.9 Å². The summed E-state index contributed by atoms with van der Waals surface area (Å²) in [5, 5.41) is 12.5. The maximum atomic E-state index is 12.6. The Morgan fingerprint density at radius 3 is 2.18 bits per heavy atom. The first-order valence-electron chi connectivity index (χ1n) is 8.60. The minimum absolute atomic E-state index is 0.190. The number of allylic oxidation sites excluding steroid dienone is 2. The van der Waals surface area contributed by atoms with Gasteiger partial charge in [-0.25, -0.2) is 9.59 Å². The van der Waals surface area contributed by atoms with E-state index in [2.05, 4.69) is 10.2 Å². The van der Waals surface area contributed by atoms with E-state index in [9.17, 15) is 19.7 Å². The average Bonchev–Trinajstić information content (AvgIpc) is 2.65. The third-order valence-electron chi connectivity index (χ3n) is 4.31. The van der Waals surface area contributed by atoms with Crippen LogP contribution in [0.15, 0.2) is 46.8 Å². The minimum atomic E-state index is -0.868. The number of nitrogens with zero attached hydrogens (tertiary/aromatic N) is 1. The van der Waals surface area contributed by atoms with E-state index in [4.69, 9.17) is 9.47 Å². The third-order valence-corrected chi connectivity index (χ3v) is 4.31. The van der Waals surface area contributed by atoms with E-state index in [0.717, 1.165) is 0 Å². The third kappa shape index (κ3) is 4.48. The Hall–Kier alpha value is -3.36. The number of rotatable bonds is 7. The van der Waals surface area contributed by atoms with Crippen LogP contribution in [-0.4, -0.2) is 30.7 Å². The molecule has 0 aliphatic carbocycles. The monoisotopic (exact) mass is 390 g/mol. The molecule has 0 amide bonds. The van der Waals surface area contributed by atoms with Crippen LogP contribution in [-0.2, 0) is 30.5 Å². The Bertz CT molecular complexity index is 840. The molecule has 1 aromatic rings. The zero-order valence-electron chi connectivity index (χ0n) is 16.1. The van der Waals surface area contributed by atoms with Crippen LogP contribution < -0.4 is 5.32 Å². The number of esters is 2. The van der Waals surface area contributed by atoms with Crippen molar-refractivity contribution in [2.24, 2.45) is 0 Å². The van der Waals surface area contributed by atoms with Crippen molar-refractivity contribution >= 4 is 11.9 Å². The molecule has 0 radical (unpaired) electrons. The van der Waals surface area contributed by atoms with Crippen molar-refractivity contribution < 1.29 is 29.0 Å². The highest BCUT2D eigenvalue weighted by atomic mass is 16.9. The van der Waals surface area contributed by atoms with Gasteiger partial charge in [0.05, 0.1) is 30.8 Å². The molecule has 1 heterocycles. The highest BCUT2D eigenvalue weighted by molar-refractivity contribution is 5.99. The first-order valence-corrected chi connectivity index (χ1v) is 8.60. The second-order valence-corrected chi connectivity index (χ2v) is 6.09. The van der Waals surface area contributed by atoms with Gasteiger partial charge in [-0.2, -0.15) is 0 Å². The molecule has 0 unspecified atom stereocenters. The smallest absolute Gasteiger partial charge is 0.336 e. The Morgan fingerprint density at radius 1 is 1.11 bits per heavy atom. The predicted molar refractivity (Wildman–Crippen MR) is 98.2 cm³/mol. The van der Waals surface area contributed by atoms with Crippen molar-refractivity contribution in [1.29, 1.82) is 0 Å². The number of dihydropyridines is 1. The van der Waals surface area contributed by atoms with Crippen LogP contribution in [0.1, 0.15) is 37.8 Å². The Kier molecular flexibility index (Phi) is 6.75. The number of carbonyl (C=O) groups excluding carboxylic acids is 2. The summed E-state index contributed by atoms with van der Waals surface area (Å²) in [4.78, 5) is 39.8. The van der Waals surface area contributed by atoms with Gasteiger partial charge >= 0.3 is 11.9 Å². The van der Waals surface area contributed by atoms with Crippen molar-refractivity contribution in [2.45, 2.75) is 33.3 Å². The first-order chi connectivity index (χ1) is 13.3. The summed E-state index contributed by atoms with van der Waals surface area (Å²) in [7, 11) is 1.27. The average molecular weight is 390 g/mol. The van der Waals surface area contributed by atoms with Crippen LogP contribution >= 0.6 is 0 Å². The molecule has 1 aliphatic rings. The molecule has 0 saturated heterocycles.